The molecule has 1 aromatic rings. The Morgan fingerprint density at radius 1 is 1.21 bits per heavy atom. The van der Waals surface area contributed by atoms with Gasteiger partial charge in [-0.1, -0.05) is 54.6 Å². The normalized spacial score (nSPS) is 19.9. The Morgan fingerprint density at radius 2 is 1.95 bits per heavy atom. The van der Waals surface area contributed by atoms with Gasteiger partial charge in [0.15, 0.2) is 0 Å². The Kier molecular flexibility index (Phi) is 4.14. The largest absolute Gasteiger partial charge is 0.506 e. The smallest absolute Gasteiger partial charge is 0.141 e. The number of hydrogen-bond donors (Lipinski definition) is 1. The van der Waals surface area contributed by atoms with E-state index in [1.807, 2.05) is 42.5 Å². The minimum atomic E-state index is 0.210. The molecule has 0 bridgehead atoms. The molecule has 19 heavy (non-hydrogen) atoms. The Balaban J connectivity index is 2.28. The summed E-state index contributed by atoms with van der Waals surface area (Å²) in [5, 5.41) is 9.74. The van der Waals surface area contributed by atoms with E-state index in [2.05, 4.69) is 24.0 Å². The summed E-state index contributed by atoms with van der Waals surface area (Å²) >= 11 is 0. The topological polar surface area (TPSA) is 32.6 Å². The molecule has 2 rings (SSSR count). The van der Waals surface area contributed by atoms with Crippen LogP contribution in [0.1, 0.15) is 12.5 Å². The highest BCUT2D eigenvalue weighted by Gasteiger charge is 2.10. The summed E-state index contributed by atoms with van der Waals surface area (Å²) in [4.78, 5) is 4.11. The van der Waals surface area contributed by atoms with Crippen LogP contribution >= 0.6 is 0 Å². The summed E-state index contributed by atoms with van der Waals surface area (Å²) in [7, 11) is 1.68. The summed E-state index contributed by atoms with van der Waals surface area (Å²) in [6.45, 7) is 2.07. The molecule has 0 amide bonds. The van der Waals surface area contributed by atoms with E-state index in [-0.39, 0.29) is 5.76 Å². The quantitative estimate of drug-likeness (QED) is 0.843. The predicted octanol–water partition coefficient (Wildman–Crippen LogP) is 4.10. The molecule has 1 aliphatic rings. The first kappa shape index (κ1) is 13.1. The van der Waals surface area contributed by atoms with Gasteiger partial charge < -0.3 is 5.11 Å². The average Bonchev–Trinajstić information content (AvgIpc) is 2.45. The molecule has 0 aliphatic heterocycles. The maximum Gasteiger partial charge on any atom is 0.141 e. The fraction of sp³-hybridized carbons (Fsp3) is 0.118. The zero-order valence-electron chi connectivity index (χ0n) is 11.2. The number of aliphatic imine (C=N–C) groups is 1. The summed E-state index contributed by atoms with van der Waals surface area (Å²) in [6, 6.07) is 10.2. The molecule has 0 aromatic heterocycles. The Bertz CT molecular complexity index is 601. The second-order valence-electron chi connectivity index (χ2n) is 4.32. The van der Waals surface area contributed by atoms with Crippen LogP contribution in [0, 0.1) is 0 Å². The number of aliphatic hydroxyl groups excluding tert-OH is 1. The lowest BCUT2D eigenvalue weighted by Gasteiger charge is -2.09. The second-order valence-corrected chi connectivity index (χ2v) is 4.32. The maximum atomic E-state index is 9.74. The molecule has 1 N–H and O–H groups in total. The van der Waals surface area contributed by atoms with E-state index in [1.54, 1.807) is 13.1 Å². The van der Waals surface area contributed by atoms with Crippen LogP contribution in [0.5, 0.6) is 0 Å². The lowest BCUT2D eigenvalue weighted by atomic mass is 10.0. The average molecular weight is 251 g/mol. The summed E-state index contributed by atoms with van der Waals surface area (Å²) in [5.74, 6) is 0.210. The van der Waals surface area contributed by atoms with Gasteiger partial charge in [0.05, 0.1) is 0 Å². The van der Waals surface area contributed by atoms with Crippen LogP contribution in [0.4, 0.5) is 0 Å². The van der Waals surface area contributed by atoms with Gasteiger partial charge >= 0.3 is 0 Å². The molecule has 0 atom stereocenters. The molecule has 0 saturated heterocycles. The minimum absolute atomic E-state index is 0.210. The zero-order chi connectivity index (χ0) is 13.7. The molecule has 0 heterocycles. The van der Waals surface area contributed by atoms with E-state index in [0.29, 0.717) is 5.71 Å². The van der Waals surface area contributed by atoms with Crippen molar-refractivity contribution in [3.05, 3.63) is 77.6 Å². The van der Waals surface area contributed by atoms with Crippen LogP contribution in [0.25, 0.3) is 5.57 Å². The first-order valence-electron chi connectivity index (χ1n) is 6.21. The van der Waals surface area contributed by atoms with Crippen LogP contribution in [-0.2, 0) is 0 Å². The highest BCUT2D eigenvalue weighted by molar-refractivity contribution is 6.14. The van der Waals surface area contributed by atoms with E-state index in [4.69, 9.17) is 0 Å². The Morgan fingerprint density at radius 3 is 2.63 bits per heavy atom. The van der Waals surface area contributed by atoms with Crippen molar-refractivity contribution in [1.29, 1.82) is 0 Å². The van der Waals surface area contributed by atoms with E-state index in [1.165, 1.54) is 11.1 Å². The van der Waals surface area contributed by atoms with Crippen molar-refractivity contribution in [2.75, 3.05) is 7.05 Å². The first-order chi connectivity index (χ1) is 9.22. The molecule has 0 radical (unpaired) electrons. The summed E-state index contributed by atoms with van der Waals surface area (Å²) in [6.07, 6.45) is 9.43. The molecule has 0 saturated carbocycles. The van der Waals surface area contributed by atoms with E-state index < -0.39 is 0 Å². The molecule has 2 nitrogen and oxygen atoms in total. The fourth-order valence-electron chi connectivity index (χ4n) is 1.94. The molecular formula is C17H17NO. The molecule has 2 heteroatoms. The van der Waals surface area contributed by atoms with Gasteiger partial charge in [0.25, 0.3) is 0 Å². The molecule has 0 fully saturated rings. The van der Waals surface area contributed by atoms with Crippen molar-refractivity contribution in [2.24, 2.45) is 4.99 Å². The van der Waals surface area contributed by atoms with Gasteiger partial charge in [-0.25, -0.2) is 0 Å². The van der Waals surface area contributed by atoms with E-state index in [0.717, 1.165) is 5.57 Å². The standard InChI is InChI=1S/C17H17NO/c1-13(14-7-4-3-5-8-14)11-12-15-9-6-10-16(19)17(15)18-2/h3-12,19H,1-2H3/b13-11+,15-12-,18-17-. The number of hydrogen-bond acceptors (Lipinski definition) is 2. The number of rotatable bonds is 2. The van der Waals surface area contributed by atoms with Gasteiger partial charge in [-0.2, -0.15) is 0 Å². The second kappa shape index (κ2) is 6.01. The highest BCUT2D eigenvalue weighted by atomic mass is 16.3. The van der Waals surface area contributed by atoms with E-state index >= 15 is 0 Å². The fourth-order valence-corrected chi connectivity index (χ4v) is 1.94. The number of benzene rings is 1. The van der Waals surface area contributed by atoms with Crippen molar-refractivity contribution in [1.82, 2.24) is 0 Å². The zero-order valence-corrected chi connectivity index (χ0v) is 11.2. The summed E-state index contributed by atoms with van der Waals surface area (Å²) in [5.41, 5.74) is 3.90. The van der Waals surface area contributed by atoms with Crippen molar-refractivity contribution >= 4 is 11.3 Å². The number of allylic oxidation sites excluding steroid dienone is 7. The van der Waals surface area contributed by atoms with Gasteiger partial charge in [-0.15, -0.1) is 0 Å². The highest BCUT2D eigenvalue weighted by Crippen LogP contribution is 2.17. The van der Waals surface area contributed by atoms with Crippen LogP contribution in [0.2, 0.25) is 0 Å². The molecule has 1 aliphatic carbocycles. The monoisotopic (exact) mass is 251 g/mol. The predicted molar refractivity (Wildman–Crippen MR) is 81.4 cm³/mol. The molecule has 1 aromatic carbocycles. The third kappa shape index (κ3) is 3.10. The van der Waals surface area contributed by atoms with E-state index in [9.17, 15) is 5.11 Å². The molecular weight excluding hydrogens is 234 g/mol. The maximum absolute atomic E-state index is 9.74. The lowest BCUT2D eigenvalue weighted by molar-refractivity contribution is 0.443. The van der Waals surface area contributed by atoms with Crippen molar-refractivity contribution in [3.63, 3.8) is 0 Å². The number of nitrogens with zero attached hydrogens (tertiary/aromatic N) is 1. The van der Waals surface area contributed by atoms with Gasteiger partial charge in [0, 0.05) is 12.6 Å². The van der Waals surface area contributed by atoms with Crippen LogP contribution < -0.4 is 0 Å². The van der Waals surface area contributed by atoms with Crippen molar-refractivity contribution in [2.45, 2.75) is 6.92 Å². The van der Waals surface area contributed by atoms with Crippen LogP contribution in [-0.4, -0.2) is 17.9 Å². The summed E-state index contributed by atoms with van der Waals surface area (Å²) < 4.78 is 0. The Labute approximate surface area is 113 Å². The minimum Gasteiger partial charge on any atom is -0.506 e. The molecule has 0 unspecified atom stereocenters. The third-order valence-electron chi connectivity index (χ3n) is 3.01. The number of aliphatic hydroxyl groups is 1. The van der Waals surface area contributed by atoms with Crippen LogP contribution in [0.15, 0.2) is 77.0 Å². The molecule has 0 spiro atoms. The van der Waals surface area contributed by atoms with Crippen molar-refractivity contribution < 1.29 is 5.11 Å². The Hall–Kier alpha value is -2.35. The van der Waals surface area contributed by atoms with Gasteiger partial charge in [-0.05, 0) is 24.1 Å². The third-order valence-corrected chi connectivity index (χ3v) is 3.01. The van der Waals surface area contributed by atoms with Crippen molar-refractivity contribution in [3.8, 4) is 0 Å². The SMILES string of the molecule is C\N=C1/C(O)=CC=C/C1=C/C=C(\C)c1ccccc1. The van der Waals surface area contributed by atoms with Gasteiger partial charge in [0.2, 0.25) is 0 Å². The van der Waals surface area contributed by atoms with Gasteiger partial charge in [0.1, 0.15) is 11.5 Å². The first-order valence-corrected chi connectivity index (χ1v) is 6.21. The lowest BCUT2D eigenvalue weighted by Crippen LogP contribution is -2.07. The van der Waals surface area contributed by atoms with Crippen LogP contribution in [0.3, 0.4) is 0 Å². The molecule has 96 valence electrons. The van der Waals surface area contributed by atoms with Gasteiger partial charge in [-0.3, -0.25) is 4.99 Å².